The van der Waals surface area contributed by atoms with E-state index in [1.165, 1.54) is 17.8 Å². The molecule has 0 amide bonds. The number of aromatic nitrogens is 4. The number of halogens is 1. The molecule has 0 radical (unpaired) electrons. The standard InChI is InChI=1S/C26H34FN6O7P/c1-14(2)38-26(35)15(3)32-41(36,40-18-8-6-5-7-9-18)37-12-19-22(34)20(27)25(39-19)33-13-28-21-23(31-17-10-11-17)29-16(4)30-24(21)33/h5-9,13-15,17,19-20,22,25,34H,10-12H2,1-4H3,(H,32,36)(H,29,30,31)/t15-,19+,20-,22+,25+,41+/m0/s1. The zero-order valence-electron chi connectivity index (χ0n) is 23.1. The number of nitrogens with one attached hydrogen (secondary N) is 2. The van der Waals surface area contributed by atoms with Crippen LogP contribution in [0, 0.1) is 6.92 Å². The van der Waals surface area contributed by atoms with E-state index < -0.39 is 57.1 Å². The first-order valence-electron chi connectivity index (χ1n) is 13.5. The van der Waals surface area contributed by atoms with Crippen LogP contribution >= 0.6 is 7.75 Å². The maximum atomic E-state index is 15.4. The van der Waals surface area contributed by atoms with Crippen LogP contribution in [0.4, 0.5) is 10.2 Å². The normalized spacial score (nSPS) is 24.8. The van der Waals surface area contributed by atoms with Gasteiger partial charge in [0.2, 0.25) is 0 Å². The fourth-order valence-corrected chi connectivity index (χ4v) is 5.81. The van der Waals surface area contributed by atoms with Crippen LogP contribution in [0.15, 0.2) is 36.7 Å². The first kappa shape index (κ1) is 29.3. The van der Waals surface area contributed by atoms with E-state index in [0.717, 1.165) is 12.8 Å². The smallest absolute Gasteiger partial charge is 0.459 e. The van der Waals surface area contributed by atoms with Gasteiger partial charge in [-0.3, -0.25) is 13.9 Å². The number of aryl methyl sites for hydroxylation is 1. The van der Waals surface area contributed by atoms with Gasteiger partial charge in [-0.15, -0.1) is 0 Å². The molecule has 13 nitrogen and oxygen atoms in total. The number of ether oxygens (including phenoxy) is 2. The molecular formula is C26H34FN6O7P. The molecule has 5 rings (SSSR count). The van der Waals surface area contributed by atoms with Gasteiger partial charge in [0.25, 0.3) is 0 Å². The van der Waals surface area contributed by atoms with Crippen molar-refractivity contribution in [3.8, 4) is 5.75 Å². The summed E-state index contributed by atoms with van der Waals surface area (Å²) >= 11 is 0. The van der Waals surface area contributed by atoms with Gasteiger partial charge in [-0.05, 0) is 52.7 Å². The molecule has 2 aromatic heterocycles. The van der Waals surface area contributed by atoms with Crippen LogP contribution in [0.2, 0.25) is 0 Å². The molecule has 0 unspecified atom stereocenters. The topological polar surface area (TPSA) is 159 Å². The number of anilines is 1. The van der Waals surface area contributed by atoms with Gasteiger partial charge >= 0.3 is 13.7 Å². The lowest BCUT2D eigenvalue weighted by Gasteiger charge is -2.25. The van der Waals surface area contributed by atoms with Crippen LogP contribution in [0.1, 0.15) is 45.7 Å². The Balaban J connectivity index is 1.32. The Morgan fingerprint density at radius 2 is 1.98 bits per heavy atom. The summed E-state index contributed by atoms with van der Waals surface area (Å²) in [6.45, 7) is 6.02. The van der Waals surface area contributed by atoms with Gasteiger partial charge in [-0.2, -0.15) is 5.09 Å². The molecular weight excluding hydrogens is 558 g/mol. The predicted octanol–water partition coefficient (Wildman–Crippen LogP) is 3.44. The van der Waals surface area contributed by atoms with E-state index >= 15 is 4.39 Å². The second-order valence-corrected chi connectivity index (χ2v) is 12.1. The zero-order chi connectivity index (χ0) is 29.3. The number of nitrogens with zero attached hydrogens (tertiary/aromatic N) is 4. The highest BCUT2D eigenvalue weighted by Gasteiger charge is 2.47. The van der Waals surface area contributed by atoms with Crippen molar-refractivity contribution in [1.29, 1.82) is 0 Å². The zero-order valence-corrected chi connectivity index (χ0v) is 24.0. The van der Waals surface area contributed by atoms with E-state index in [-0.39, 0.29) is 5.75 Å². The summed E-state index contributed by atoms with van der Waals surface area (Å²) in [5.41, 5.74) is 0.805. The SMILES string of the molecule is Cc1nc(NC2CC2)c2ncn([C@@H]3O[C@H](CO[P@](=O)(N[C@@H](C)C(=O)OC(C)C)Oc4ccccc4)[C@@H](O)[C@@H]3F)c2n1. The third-order valence-corrected chi connectivity index (χ3v) is 8.10. The van der Waals surface area contributed by atoms with Crippen LogP contribution < -0.4 is 14.9 Å². The van der Waals surface area contributed by atoms with Crippen LogP contribution in [0.5, 0.6) is 5.75 Å². The van der Waals surface area contributed by atoms with E-state index in [0.29, 0.717) is 28.8 Å². The summed E-state index contributed by atoms with van der Waals surface area (Å²) in [4.78, 5) is 25.6. The lowest BCUT2D eigenvalue weighted by atomic mass is 10.1. The first-order valence-corrected chi connectivity index (χ1v) is 15.0. The van der Waals surface area contributed by atoms with Crippen LogP contribution in [0.3, 0.4) is 0 Å². The molecule has 15 heteroatoms. The quantitative estimate of drug-likeness (QED) is 0.208. The second kappa shape index (κ2) is 12.0. The Labute approximate surface area is 236 Å². The molecule has 3 heterocycles. The Bertz CT molecular complexity index is 1420. The summed E-state index contributed by atoms with van der Waals surface area (Å²) in [5, 5.41) is 16.6. The van der Waals surface area contributed by atoms with Crippen LogP contribution in [-0.4, -0.2) is 73.8 Å². The molecule has 1 saturated heterocycles. The Morgan fingerprint density at radius 3 is 2.66 bits per heavy atom. The molecule has 0 bridgehead atoms. The number of imidazole rings is 1. The highest BCUT2D eigenvalue weighted by molar-refractivity contribution is 7.52. The van der Waals surface area contributed by atoms with E-state index in [1.807, 2.05) is 0 Å². The fourth-order valence-electron chi connectivity index (χ4n) is 4.30. The second-order valence-electron chi connectivity index (χ2n) is 10.4. The van der Waals surface area contributed by atoms with Gasteiger partial charge in [0.05, 0.1) is 19.0 Å². The van der Waals surface area contributed by atoms with Crippen LogP contribution in [0.25, 0.3) is 11.2 Å². The van der Waals surface area contributed by atoms with Gasteiger partial charge in [-0.1, -0.05) is 18.2 Å². The maximum Gasteiger partial charge on any atom is 0.459 e. The van der Waals surface area contributed by atoms with Crippen molar-refractivity contribution < 1.29 is 37.4 Å². The lowest BCUT2D eigenvalue weighted by molar-refractivity contribution is -0.149. The van der Waals surface area contributed by atoms with Crippen molar-refractivity contribution in [2.45, 2.75) is 83.3 Å². The molecule has 2 aliphatic rings. The number of rotatable bonds is 12. The molecule has 1 aromatic carbocycles. The molecule has 1 aliphatic heterocycles. The van der Waals surface area contributed by atoms with Crippen molar-refractivity contribution in [2.24, 2.45) is 0 Å². The number of hydrogen-bond donors (Lipinski definition) is 3. The lowest BCUT2D eigenvalue weighted by Crippen LogP contribution is -2.37. The first-order chi connectivity index (χ1) is 19.5. The molecule has 3 aromatic rings. The van der Waals surface area contributed by atoms with Crippen molar-refractivity contribution in [3.63, 3.8) is 0 Å². The molecule has 0 spiro atoms. The number of carbonyl (C=O) groups excluding carboxylic acids is 1. The van der Waals surface area contributed by atoms with Crippen molar-refractivity contribution in [2.75, 3.05) is 11.9 Å². The number of para-hydroxylation sites is 1. The molecule has 1 saturated carbocycles. The summed E-state index contributed by atoms with van der Waals surface area (Å²) in [7, 11) is -4.25. The Morgan fingerprint density at radius 1 is 1.24 bits per heavy atom. The fraction of sp³-hybridized carbons (Fsp3) is 0.538. The van der Waals surface area contributed by atoms with E-state index in [4.69, 9.17) is 18.5 Å². The minimum atomic E-state index is -4.25. The molecule has 6 atom stereocenters. The van der Waals surface area contributed by atoms with Crippen molar-refractivity contribution in [1.82, 2.24) is 24.6 Å². The van der Waals surface area contributed by atoms with Gasteiger partial charge in [0, 0.05) is 6.04 Å². The summed E-state index contributed by atoms with van der Waals surface area (Å²) in [6.07, 6.45) is -2.96. The highest BCUT2D eigenvalue weighted by Crippen LogP contribution is 2.46. The van der Waals surface area contributed by atoms with E-state index in [2.05, 4.69) is 25.4 Å². The van der Waals surface area contributed by atoms with Crippen molar-refractivity contribution in [3.05, 3.63) is 42.5 Å². The number of alkyl halides is 1. The number of fused-ring (bicyclic) bond motifs is 1. The number of benzene rings is 1. The van der Waals surface area contributed by atoms with Crippen molar-refractivity contribution >= 4 is 30.7 Å². The monoisotopic (exact) mass is 592 g/mol. The average molecular weight is 593 g/mol. The minimum absolute atomic E-state index is 0.206. The van der Waals surface area contributed by atoms with Gasteiger partial charge in [0.15, 0.2) is 29.4 Å². The average Bonchev–Trinajstić information content (AvgIpc) is 3.57. The summed E-state index contributed by atoms with van der Waals surface area (Å²) < 4.78 is 52.8. The van der Waals surface area contributed by atoms with Gasteiger partial charge < -0.3 is 24.4 Å². The van der Waals surface area contributed by atoms with E-state index in [1.54, 1.807) is 51.1 Å². The highest BCUT2D eigenvalue weighted by atomic mass is 31.2. The van der Waals surface area contributed by atoms with Gasteiger partial charge in [0.1, 0.15) is 29.8 Å². The number of esters is 1. The molecule has 222 valence electrons. The Hall–Kier alpha value is -3.16. The van der Waals surface area contributed by atoms with Crippen LogP contribution in [-0.2, 0) is 23.4 Å². The number of hydrogen-bond acceptors (Lipinski definition) is 11. The molecule has 1 aliphatic carbocycles. The molecule has 3 N–H and O–H groups in total. The largest absolute Gasteiger partial charge is 0.462 e. The van der Waals surface area contributed by atoms with Gasteiger partial charge in [-0.25, -0.2) is 23.9 Å². The summed E-state index contributed by atoms with van der Waals surface area (Å²) in [6, 6.07) is 7.45. The predicted molar refractivity (Wildman–Crippen MR) is 146 cm³/mol. The molecule has 2 fully saturated rings. The van der Waals surface area contributed by atoms with E-state index in [9.17, 15) is 14.5 Å². The number of carbonyl (C=O) groups is 1. The third kappa shape index (κ3) is 6.84. The number of aliphatic hydroxyl groups is 1. The third-order valence-electron chi connectivity index (χ3n) is 6.45. The molecule has 41 heavy (non-hydrogen) atoms. The maximum absolute atomic E-state index is 15.4. The Kier molecular flexibility index (Phi) is 8.57. The summed E-state index contributed by atoms with van der Waals surface area (Å²) in [5.74, 6) is 0.558. The minimum Gasteiger partial charge on any atom is -0.462 e. The number of aliphatic hydroxyl groups excluding tert-OH is 1.